The number of hydrogen-bond acceptors (Lipinski definition) is 4. The molecule has 0 spiro atoms. The van der Waals surface area contributed by atoms with Gasteiger partial charge < -0.3 is 0 Å². The van der Waals surface area contributed by atoms with Gasteiger partial charge in [-0.05, 0) is 64.7 Å². The molecule has 3 aromatic heterocycles. The van der Waals surface area contributed by atoms with Gasteiger partial charge in [0.25, 0.3) is 0 Å². The Labute approximate surface area is 297 Å². The van der Waals surface area contributed by atoms with E-state index in [0.29, 0.717) is 0 Å². The average Bonchev–Trinajstić information content (AvgIpc) is 3.77. The molecule has 234 valence electrons. The lowest BCUT2D eigenvalue weighted by Gasteiger charge is -2.14. The summed E-state index contributed by atoms with van der Waals surface area (Å²) in [6.45, 7) is 0. The molecule has 4 heteroatoms. The van der Waals surface area contributed by atoms with E-state index in [1.54, 1.807) is 0 Å². The van der Waals surface area contributed by atoms with Crippen LogP contribution in [0.5, 0.6) is 0 Å². The van der Waals surface area contributed by atoms with Gasteiger partial charge in [-0.15, -0.1) is 22.7 Å². The van der Waals surface area contributed by atoms with Crippen molar-refractivity contribution in [2.75, 3.05) is 0 Å². The summed E-state index contributed by atoms with van der Waals surface area (Å²) in [4.78, 5) is 10.8. The lowest BCUT2D eigenvalue weighted by atomic mass is 9.94. The standard InChI is InChI=1S/C46H28N2S2/c1-3-13-29(14-4-1)31-25-32(30-15-5-2-6-16-30)27-33(26-31)40-28-41(38-21-11-19-36-34-17-7-9-23-42(34)49-44(36)38)48-46(47-40)39-22-12-20-37-35-18-8-10-24-43(35)50-45(37)39/h1-28H. The van der Waals surface area contributed by atoms with Crippen LogP contribution in [0.3, 0.4) is 0 Å². The molecule has 3 heterocycles. The molecule has 0 unspecified atom stereocenters. The molecule has 0 radical (unpaired) electrons. The Morgan fingerprint density at radius 2 is 0.780 bits per heavy atom. The van der Waals surface area contributed by atoms with Gasteiger partial charge in [0, 0.05) is 57.0 Å². The fourth-order valence-electron chi connectivity index (χ4n) is 7.10. The number of nitrogens with zero attached hydrogens (tertiary/aromatic N) is 2. The van der Waals surface area contributed by atoms with Crippen LogP contribution in [0, 0.1) is 0 Å². The third kappa shape index (κ3) is 4.92. The molecule has 0 aliphatic heterocycles. The summed E-state index contributed by atoms with van der Waals surface area (Å²) < 4.78 is 5.00. The molecule has 0 bridgehead atoms. The minimum absolute atomic E-state index is 0.735. The third-order valence-corrected chi connectivity index (χ3v) is 11.9. The Bertz CT molecular complexity index is 2680. The van der Waals surface area contributed by atoms with E-state index >= 15 is 0 Å². The minimum atomic E-state index is 0.735. The fraction of sp³-hybridized carbons (Fsp3) is 0. The van der Waals surface area contributed by atoms with Crippen LogP contribution in [0.4, 0.5) is 0 Å². The Balaban J connectivity index is 1.26. The second-order valence-electron chi connectivity index (χ2n) is 12.6. The summed E-state index contributed by atoms with van der Waals surface area (Å²) in [6.07, 6.45) is 0. The van der Waals surface area contributed by atoms with Gasteiger partial charge in [0.15, 0.2) is 5.82 Å². The lowest BCUT2D eigenvalue weighted by Crippen LogP contribution is -1.97. The zero-order valence-corrected chi connectivity index (χ0v) is 28.5. The molecule has 10 aromatic rings. The molecule has 0 aliphatic rings. The largest absolute Gasteiger partial charge is 0.228 e. The number of fused-ring (bicyclic) bond motifs is 6. The van der Waals surface area contributed by atoms with Gasteiger partial charge in [0.2, 0.25) is 0 Å². The zero-order valence-electron chi connectivity index (χ0n) is 26.9. The van der Waals surface area contributed by atoms with Crippen LogP contribution in [-0.2, 0) is 0 Å². The van der Waals surface area contributed by atoms with Crippen molar-refractivity contribution in [1.29, 1.82) is 0 Å². The first-order valence-corrected chi connectivity index (χ1v) is 18.4. The minimum Gasteiger partial charge on any atom is -0.228 e. The van der Waals surface area contributed by atoms with Crippen LogP contribution in [0.25, 0.3) is 96.5 Å². The first-order chi connectivity index (χ1) is 24.8. The highest BCUT2D eigenvalue weighted by Gasteiger charge is 2.19. The SMILES string of the molecule is c1ccc(-c2cc(-c3ccccc3)cc(-c3cc(-c4cccc5c4sc4ccccc45)nc(-c4cccc5c4sc4ccccc45)n3)c2)cc1. The molecule has 0 atom stereocenters. The Hall–Kier alpha value is -5.94. The normalized spacial score (nSPS) is 11.6. The molecule has 0 amide bonds. The zero-order chi connectivity index (χ0) is 33.0. The van der Waals surface area contributed by atoms with Crippen LogP contribution in [0.2, 0.25) is 0 Å². The summed E-state index contributed by atoms with van der Waals surface area (Å²) in [7, 11) is 0. The van der Waals surface area contributed by atoms with Gasteiger partial charge >= 0.3 is 0 Å². The number of hydrogen-bond donors (Lipinski definition) is 0. The van der Waals surface area contributed by atoms with E-state index in [9.17, 15) is 0 Å². The van der Waals surface area contributed by atoms with Crippen molar-refractivity contribution >= 4 is 63.0 Å². The van der Waals surface area contributed by atoms with Gasteiger partial charge in [-0.25, -0.2) is 9.97 Å². The second kappa shape index (κ2) is 11.9. The number of benzene rings is 7. The van der Waals surface area contributed by atoms with Crippen LogP contribution in [0.1, 0.15) is 0 Å². The first kappa shape index (κ1) is 29.0. The summed E-state index contributed by atoms with van der Waals surface area (Å²) in [5.74, 6) is 0.735. The van der Waals surface area contributed by atoms with Crippen LogP contribution < -0.4 is 0 Å². The topological polar surface area (TPSA) is 25.8 Å². The molecule has 0 saturated heterocycles. The smallest absolute Gasteiger partial charge is 0.161 e. The molecule has 0 fully saturated rings. The monoisotopic (exact) mass is 672 g/mol. The highest BCUT2D eigenvalue weighted by Crippen LogP contribution is 2.43. The maximum Gasteiger partial charge on any atom is 0.161 e. The Morgan fingerprint density at radius 1 is 0.320 bits per heavy atom. The van der Waals surface area contributed by atoms with Crippen LogP contribution >= 0.6 is 22.7 Å². The number of rotatable bonds is 5. The van der Waals surface area contributed by atoms with E-state index < -0.39 is 0 Å². The van der Waals surface area contributed by atoms with Crippen molar-refractivity contribution in [3.8, 4) is 56.2 Å². The number of thiophene rings is 2. The summed E-state index contributed by atoms with van der Waals surface area (Å²) >= 11 is 3.65. The summed E-state index contributed by atoms with van der Waals surface area (Å²) in [5, 5.41) is 5.04. The molecule has 10 rings (SSSR count). The van der Waals surface area contributed by atoms with Crippen LogP contribution in [0.15, 0.2) is 170 Å². The fourth-order valence-corrected chi connectivity index (χ4v) is 9.53. The first-order valence-electron chi connectivity index (χ1n) is 16.7. The highest BCUT2D eigenvalue weighted by atomic mass is 32.1. The van der Waals surface area contributed by atoms with Crippen molar-refractivity contribution in [1.82, 2.24) is 9.97 Å². The van der Waals surface area contributed by atoms with Crippen molar-refractivity contribution in [3.05, 3.63) is 170 Å². The molecule has 7 aromatic carbocycles. The third-order valence-electron chi connectivity index (χ3n) is 9.49. The molecule has 2 nitrogen and oxygen atoms in total. The summed E-state index contributed by atoms with van der Waals surface area (Å²) in [6, 6.07) is 60.7. The molecule has 0 aliphatic carbocycles. The van der Waals surface area contributed by atoms with Gasteiger partial charge in [-0.2, -0.15) is 0 Å². The Kier molecular flexibility index (Phi) is 6.90. The predicted molar refractivity (Wildman–Crippen MR) is 215 cm³/mol. The summed E-state index contributed by atoms with van der Waals surface area (Å²) in [5.41, 5.74) is 9.71. The van der Waals surface area contributed by atoms with E-state index in [-0.39, 0.29) is 0 Å². The predicted octanol–water partition coefficient (Wildman–Crippen LogP) is 13.5. The Morgan fingerprint density at radius 3 is 1.38 bits per heavy atom. The molecular weight excluding hydrogens is 645 g/mol. The lowest BCUT2D eigenvalue weighted by molar-refractivity contribution is 1.19. The molecule has 0 saturated carbocycles. The van der Waals surface area contributed by atoms with E-state index in [4.69, 9.17) is 9.97 Å². The van der Waals surface area contributed by atoms with Crippen molar-refractivity contribution in [3.63, 3.8) is 0 Å². The maximum absolute atomic E-state index is 5.41. The highest BCUT2D eigenvalue weighted by molar-refractivity contribution is 7.26. The van der Waals surface area contributed by atoms with Crippen molar-refractivity contribution in [2.45, 2.75) is 0 Å². The molecule has 50 heavy (non-hydrogen) atoms. The molecular formula is C46H28N2S2. The van der Waals surface area contributed by atoms with E-state index in [2.05, 4.69) is 170 Å². The van der Waals surface area contributed by atoms with Gasteiger partial charge in [-0.3, -0.25) is 0 Å². The van der Waals surface area contributed by atoms with Gasteiger partial charge in [0.1, 0.15) is 0 Å². The quantitative estimate of drug-likeness (QED) is 0.182. The van der Waals surface area contributed by atoms with Crippen molar-refractivity contribution in [2.24, 2.45) is 0 Å². The van der Waals surface area contributed by atoms with E-state index in [1.807, 2.05) is 22.7 Å². The maximum atomic E-state index is 5.41. The van der Waals surface area contributed by atoms with Gasteiger partial charge in [-0.1, -0.05) is 127 Å². The van der Waals surface area contributed by atoms with E-state index in [1.165, 1.54) is 51.5 Å². The average molecular weight is 673 g/mol. The van der Waals surface area contributed by atoms with E-state index in [0.717, 1.165) is 45.0 Å². The second-order valence-corrected chi connectivity index (χ2v) is 14.7. The molecule has 0 N–H and O–H groups in total. The number of aromatic nitrogens is 2. The van der Waals surface area contributed by atoms with Crippen molar-refractivity contribution < 1.29 is 0 Å². The van der Waals surface area contributed by atoms with Gasteiger partial charge in [0.05, 0.1) is 11.4 Å². The van der Waals surface area contributed by atoms with Crippen LogP contribution in [-0.4, -0.2) is 9.97 Å².